The zero-order valence-corrected chi connectivity index (χ0v) is 8.53. The van der Waals surface area contributed by atoms with Crippen molar-refractivity contribution in [2.75, 3.05) is 12.8 Å². The van der Waals surface area contributed by atoms with Gasteiger partial charge in [0.15, 0.2) is 22.9 Å². The number of para-hydroxylation sites is 1. The van der Waals surface area contributed by atoms with Crippen LogP contribution in [0.4, 0.5) is 5.69 Å². The van der Waals surface area contributed by atoms with E-state index in [1.165, 1.54) is 6.92 Å². The summed E-state index contributed by atoms with van der Waals surface area (Å²) < 4.78 is 10.5. The topological polar surface area (TPSA) is 65.5 Å². The first-order chi connectivity index (χ1) is 7.15. The van der Waals surface area contributed by atoms with Gasteiger partial charge < -0.3 is 14.9 Å². The maximum absolute atomic E-state index is 11.2. The van der Waals surface area contributed by atoms with Gasteiger partial charge in [-0.3, -0.25) is 4.79 Å². The molecule has 1 aromatic heterocycles. The fourth-order valence-corrected chi connectivity index (χ4v) is 1.53. The Morgan fingerprint density at radius 3 is 2.80 bits per heavy atom. The number of carbonyl (C=O) groups is 1. The molecular formula is C11H11NO3. The molecule has 0 amide bonds. The smallest absolute Gasteiger partial charge is 0.197 e. The number of carbonyl (C=O) groups excluding carboxylic acids is 1. The van der Waals surface area contributed by atoms with Gasteiger partial charge in [-0.15, -0.1) is 0 Å². The molecule has 2 rings (SSSR count). The molecule has 0 atom stereocenters. The second-order valence-electron chi connectivity index (χ2n) is 3.24. The van der Waals surface area contributed by atoms with Crippen molar-refractivity contribution >= 4 is 22.4 Å². The summed E-state index contributed by atoms with van der Waals surface area (Å²) >= 11 is 0. The van der Waals surface area contributed by atoms with E-state index in [-0.39, 0.29) is 11.5 Å². The number of benzene rings is 1. The molecule has 0 saturated carbocycles. The van der Waals surface area contributed by atoms with Crippen molar-refractivity contribution in [1.29, 1.82) is 0 Å². The number of ketones is 1. The van der Waals surface area contributed by atoms with Gasteiger partial charge in [-0.25, -0.2) is 0 Å². The lowest BCUT2D eigenvalue weighted by molar-refractivity contribution is 0.0990. The van der Waals surface area contributed by atoms with Crippen molar-refractivity contribution in [2.24, 2.45) is 0 Å². The Morgan fingerprint density at radius 1 is 1.47 bits per heavy atom. The van der Waals surface area contributed by atoms with Crippen molar-refractivity contribution in [3.05, 3.63) is 24.0 Å². The van der Waals surface area contributed by atoms with Crippen LogP contribution in [0.3, 0.4) is 0 Å². The van der Waals surface area contributed by atoms with E-state index in [4.69, 9.17) is 14.9 Å². The summed E-state index contributed by atoms with van der Waals surface area (Å²) in [7, 11) is 1.54. The van der Waals surface area contributed by atoms with E-state index in [1.54, 1.807) is 25.3 Å². The van der Waals surface area contributed by atoms with E-state index < -0.39 is 0 Å². The predicted octanol–water partition coefficient (Wildman–Crippen LogP) is 2.23. The summed E-state index contributed by atoms with van der Waals surface area (Å²) in [6.07, 6.45) is 0. The van der Waals surface area contributed by atoms with Crippen LogP contribution in [0.15, 0.2) is 22.6 Å². The van der Waals surface area contributed by atoms with Crippen LogP contribution in [-0.2, 0) is 0 Å². The maximum Gasteiger partial charge on any atom is 0.197 e. The maximum atomic E-state index is 11.2. The average molecular weight is 205 g/mol. The Bertz CT molecular complexity index is 528. The van der Waals surface area contributed by atoms with E-state index in [0.29, 0.717) is 22.4 Å². The molecule has 0 bridgehead atoms. The molecule has 15 heavy (non-hydrogen) atoms. The standard InChI is InChI=1S/C11H11NO3/c1-6(13)10-9(12)7-4-3-5-8(14-2)11(7)15-10/h3-5H,12H2,1-2H3. The first kappa shape index (κ1) is 9.58. The van der Waals surface area contributed by atoms with Gasteiger partial charge in [0.25, 0.3) is 0 Å². The second kappa shape index (κ2) is 3.31. The summed E-state index contributed by atoms with van der Waals surface area (Å²) in [5.41, 5.74) is 6.68. The molecule has 78 valence electrons. The van der Waals surface area contributed by atoms with Crippen LogP contribution in [0.2, 0.25) is 0 Å². The first-order valence-corrected chi connectivity index (χ1v) is 4.51. The summed E-state index contributed by atoms with van der Waals surface area (Å²) in [6, 6.07) is 5.36. The number of nitrogens with two attached hydrogens (primary N) is 1. The van der Waals surface area contributed by atoms with Gasteiger partial charge in [-0.05, 0) is 12.1 Å². The molecular weight excluding hydrogens is 194 g/mol. The SMILES string of the molecule is COc1cccc2c(N)c(C(C)=O)oc12. The summed E-state index contributed by atoms with van der Waals surface area (Å²) in [4.78, 5) is 11.2. The Kier molecular flexibility index (Phi) is 2.11. The molecule has 0 unspecified atom stereocenters. The Balaban J connectivity index is 2.81. The molecule has 0 fully saturated rings. The largest absolute Gasteiger partial charge is 0.493 e. The van der Waals surface area contributed by atoms with Crippen molar-refractivity contribution in [3.8, 4) is 5.75 Å². The Morgan fingerprint density at radius 2 is 2.20 bits per heavy atom. The number of nitrogen functional groups attached to an aromatic ring is 1. The van der Waals surface area contributed by atoms with Crippen molar-refractivity contribution in [3.63, 3.8) is 0 Å². The van der Waals surface area contributed by atoms with E-state index in [9.17, 15) is 4.79 Å². The third-order valence-corrected chi connectivity index (χ3v) is 2.26. The summed E-state index contributed by atoms with van der Waals surface area (Å²) in [6.45, 7) is 1.42. The summed E-state index contributed by atoms with van der Waals surface area (Å²) in [5, 5.41) is 0.708. The molecule has 0 radical (unpaired) electrons. The molecule has 0 aliphatic carbocycles. The number of rotatable bonds is 2. The predicted molar refractivity (Wildman–Crippen MR) is 57.2 cm³/mol. The highest BCUT2D eigenvalue weighted by Crippen LogP contribution is 2.34. The van der Waals surface area contributed by atoms with Crippen LogP contribution in [0.25, 0.3) is 11.0 Å². The van der Waals surface area contributed by atoms with E-state index >= 15 is 0 Å². The lowest BCUT2D eigenvalue weighted by Crippen LogP contribution is -1.94. The number of fused-ring (bicyclic) bond motifs is 1. The van der Waals surface area contributed by atoms with Gasteiger partial charge in [-0.2, -0.15) is 0 Å². The van der Waals surface area contributed by atoms with Crippen LogP contribution in [0.5, 0.6) is 5.75 Å². The Hall–Kier alpha value is -1.97. The highest BCUT2D eigenvalue weighted by Gasteiger charge is 2.17. The number of methoxy groups -OCH3 is 1. The molecule has 0 aliphatic heterocycles. The van der Waals surface area contributed by atoms with E-state index in [1.807, 2.05) is 0 Å². The fraction of sp³-hybridized carbons (Fsp3) is 0.182. The number of hydrogen-bond donors (Lipinski definition) is 1. The monoisotopic (exact) mass is 205 g/mol. The minimum atomic E-state index is -0.189. The zero-order chi connectivity index (χ0) is 11.0. The lowest BCUT2D eigenvalue weighted by Gasteiger charge is -1.98. The minimum absolute atomic E-state index is 0.189. The van der Waals surface area contributed by atoms with E-state index in [2.05, 4.69) is 0 Å². The molecule has 4 nitrogen and oxygen atoms in total. The minimum Gasteiger partial charge on any atom is -0.493 e. The molecule has 2 N–H and O–H groups in total. The van der Waals surface area contributed by atoms with Gasteiger partial charge in [0.1, 0.15) is 0 Å². The van der Waals surface area contributed by atoms with Crippen LogP contribution in [-0.4, -0.2) is 12.9 Å². The molecule has 2 aromatic rings. The van der Waals surface area contributed by atoms with Gasteiger partial charge in [0, 0.05) is 12.3 Å². The third kappa shape index (κ3) is 1.34. The normalized spacial score (nSPS) is 10.5. The number of ether oxygens (including phenoxy) is 1. The van der Waals surface area contributed by atoms with Crippen molar-refractivity contribution in [2.45, 2.75) is 6.92 Å². The van der Waals surface area contributed by atoms with Crippen molar-refractivity contribution in [1.82, 2.24) is 0 Å². The van der Waals surface area contributed by atoms with Gasteiger partial charge in [0.2, 0.25) is 0 Å². The fourth-order valence-electron chi connectivity index (χ4n) is 1.53. The van der Waals surface area contributed by atoms with Gasteiger partial charge in [0.05, 0.1) is 12.8 Å². The van der Waals surface area contributed by atoms with Crippen molar-refractivity contribution < 1.29 is 13.9 Å². The van der Waals surface area contributed by atoms with Crippen LogP contribution in [0.1, 0.15) is 17.5 Å². The molecule has 4 heteroatoms. The quantitative estimate of drug-likeness (QED) is 0.763. The molecule has 1 heterocycles. The lowest BCUT2D eigenvalue weighted by atomic mass is 10.2. The number of Topliss-reactive ketones (excluding diaryl/α,β-unsaturated/α-hetero) is 1. The molecule has 1 aromatic carbocycles. The van der Waals surface area contributed by atoms with Crippen LogP contribution >= 0.6 is 0 Å². The summed E-state index contributed by atoms with van der Waals surface area (Å²) in [5.74, 6) is 0.576. The number of anilines is 1. The van der Waals surface area contributed by atoms with Crippen LogP contribution in [0, 0.1) is 0 Å². The molecule has 0 aliphatic rings. The Labute approximate surface area is 86.6 Å². The molecule has 0 spiro atoms. The highest BCUT2D eigenvalue weighted by molar-refractivity contribution is 6.06. The van der Waals surface area contributed by atoms with E-state index in [0.717, 1.165) is 0 Å². The van der Waals surface area contributed by atoms with Gasteiger partial charge in [-0.1, -0.05) is 6.07 Å². The number of furan rings is 1. The average Bonchev–Trinajstić information content (AvgIpc) is 2.56. The first-order valence-electron chi connectivity index (χ1n) is 4.51. The van der Waals surface area contributed by atoms with Gasteiger partial charge >= 0.3 is 0 Å². The van der Waals surface area contributed by atoms with Crippen LogP contribution < -0.4 is 10.5 Å². The third-order valence-electron chi connectivity index (χ3n) is 2.26. The highest BCUT2D eigenvalue weighted by atomic mass is 16.5. The number of hydrogen-bond acceptors (Lipinski definition) is 4. The zero-order valence-electron chi connectivity index (χ0n) is 8.53. The molecule has 0 saturated heterocycles. The second-order valence-corrected chi connectivity index (χ2v) is 3.24.